The van der Waals surface area contributed by atoms with E-state index in [4.69, 9.17) is 0 Å². The zero-order chi connectivity index (χ0) is 12.8. The number of aldehydes is 1. The van der Waals surface area contributed by atoms with Gasteiger partial charge in [-0.3, -0.25) is 5.09 Å². The monoisotopic (exact) mass is 337 g/mol. The minimum absolute atomic E-state index is 0.105. The summed E-state index contributed by atoms with van der Waals surface area (Å²) in [6, 6.07) is 4.99. The van der Waals surface area contributed by atoms with Gasteiger partial charge in [-0.1, -0.05) is 28.4 Å². The van der Waals surface area contributed by atoms with Crippen LogP contribution < -0.4 is 5.09 Å². The Bertz CT molecular complexity index is 390. The molecule has 1 aromatic carbocycles. The fraction of sp³-hybridized carbons (Fsp3) is 0.364. The molecule has 94 valence electrons. The largest absolute Gasteiger partial charge is 0.302 e. The molecule has 2 nitrogen and oxygen atoms in total. The Hall–Kier alpha value is 0.0400. The molecular weight excluding hydrogens is 324 g/mol. The molecule has 6 heteroatoms. The van der Waals surface area contributed by atoms with Crippen molar-refractivity contribution in [3.8, 4) is 0 Å². The zero-order valence-corrected chi connectivity index (χ0v) is 12.9. The summed E-state index contributed by atoms with van der Waals surface area (Å²) >= 11 is 4.53. The van der Waals surface area contributed by atoms with Crippen LogP contribution in [0.3, 0.4) is 0 Å². The van der Waals surface area contributed by atoms with Gasteiger partial charge in [0.15, 0.2) is 0 Å². The van der Waals surface area contributed by atoms with E-state index in [1.54, 1.807) is 18.2 Å². The van der Waals surface area contributed by atoms with Crippen LogP contribution in [0.25, 0.3) is 0 Å². The third-order valence-corrected chi connectivity index (χ3v) is 4.99. The molecule has 0 spiro atoms. The lowest BCUT2D eigenvalue weighted by Gasteiger charge is -2.18. The second-order valence-corrected chi connectivity index (χ2v) is 5.94. The Kier molecular flexibility index (Phi) is 6.63. The molecule has 1 rings (SSSR count). The number of hydrogen-bond acceptors (Lipinski definition) is 3. The van der Waals surface area contributed by atoms with Gasteiger partial charge in [-0.2, -0.15) is 0 Å². The first-order valence-electron chi connectivity index (χ1n) is 5.14. The molecule has 0 saturated carbocycles. The van der Waals surface area contributed by atoms with Crippen LogP contribution in [-0.2, 0) is 4.79 Å². The highest BCUT2D eigenvalue weighted by Crippen LogP contribution is 2.34. The molecule has 0 aliphatic heterocycles. The van der Waals surface area contributed by atoms with E-state index in [2.05, 4.69) is 30.4 Å². The highest BCUT2D eigenvalue weighted by atomic mass is 79.9. The SMILES string of the molecule is CC[C@H](NP)SC(C=O)c1cccc(Br)c1F. The summed E-state index contributed by atoms with van der Waals surface area (Å²) < 4.78 is 14.2. The molecule has 0 aromatic heterocycles. The highest BCUT2D eigenvalue weighted by molar-refractivity contribution is 9.10. The van der Waals surface area contributed by atoms with Gasteiger partial charge in [0.25, 0.3) is 0 Å². The Morgan fingerprint density at radius 1 is 1.65 bits per heavy atom. The molecule has 0 saturated heterocycles. The number of carbonyl (C=O) groups excluding carboxylic acids is 1. The van der Waals surface area contributed by atoms with E-state index in [1.165, 1.54) is 11.8 Å². The minimum atomic E-state index is -0.495. The van der Waals surface area contributed by atoms with E-state index in [-0.39, 0.29) is 11.2 Å². The molecule has 0 radical (unpaired) electrons. The number of benzene rings is 1. The van der Waals surface area contributed by atoms with E-state index >= 15 is 0 Å². The topological polar surface area (TPSA) is 29.1 Å². The van der Waals surface area contributed by atoms with E-state index in [0.29, 0.717) is 10.0 Å². The predicted octanol–water partition coefficient (Wildman–Crippen LogP) is 3.68. The van der Waals surface area contributed by atoms with Gasteiger partial charge in [0.05, 0.1) is 15.1 Å². The van der Waals surface area contributed by atoms with Gasteiger partial charge in [0.1, 0.15) is 12.1 Å². The predicted molar refractivity (Wildman–Crippen MR) is 77.4 cm³/mol. The van der Waals surface area contributed by atoms with Crippen LogP contribution >= 0.6 is 37.1 Å². The molecular formula is C11H14BrFNOPS. The molecule has 1 aromatic rings. The van der Waals surface area contributed by atoms with Crippen LogP contribution in [-0.4, -0.2) is 11.7 Å². The fourth-order valence-electron chi connectivity index (χ4n) is 1.35. The van der Waals surface area contributed by atoms with Crippen LogP contribution in [0.15, 0.2) is 22.7 Å². The van der Waals surface area contributed by atoms with Crippen LogP contribution in [0.1, 0.15) is 24.2 Å². The fourth-order valence-corrected chi connectivity index (χ4v) is 3.22. The van der Waals surface area contributed by atoms with Crippen LogP contribution in [0, 0.1) is 5.82 Å². The second-order valence-electron chi connectivity index (χ2n) is 3.40. The van der Waals surface area contributed by atoms with Crippen molar-refractivity contribution in [3.63, 3.8) is 0 Å². The van der Waals surface area contributed by atoms with Gasteiger partial charge in [-0.05, 0) is 28.4 Å². The van der Waals surface area contributed by atoms with Crippen molar-refractivity contribution in [2.45, 2.75) is 24.0 Å². The van der Waals surface area contributed by atoms with Crippen LogP contribution in [0.5, 0.6) is 0 Å². The normalized spacial score (nSPS) is 14.4. The van der Waals surface area contributed by atoms with Crippen LogP contribution in [0.2, 0.25) is 0 Å². The molecule has 0 amide bonds. The van der Waals surface area contributed by atoms with Gasteiger partial charge in [0.2, 0.25) is 0 Å². The molecule has 0 fully saturated rings. The van der Waals surface area contributed by atoms with E-state index < -0.39 is 5.25 Å². The number of halogens is 2. The molecule has 17 heavy (non-hydrogen) atoms. The molecule has 2 unspecified atom stereocenters. The average Bonchev–Trinajstić information content (AvgIpc) is 2.35. The minimum Gasteiger partial charge on any atom is -0.302 e. The first kappa shape index (κ1) is 15.1. The van der Waals surface area contributed by atoms with E-state index in [1.807, 2.05) is 6.92 Å². The molecule has 0 heterocycles. The van der Waals surface area contributed by atoms with Crippen molar-refractivity contribution in [1.29, 1.82) is 0 Å². The third kappa shape index (κ3) is 4.02. The average molecular weight is 338 g/mol. The Labute approximate surface area is 116 Å². The van der Waals surface area contributed by atoms with Crippen molar-refractivity contribution in [2.24, 2.45) is 0 Å². The van der Waals surface area contributed by atoms with Crippen molar-refractivity contribution < 1.29 is 9.18 Å². The van der Waals surface area contributed by atoms with Crippen molar-refractivity contribution >= 4 is 43.4 Å². The smallest absolute Gasteiger partial charge is 0.142 e. The molecule has 0 aliphatic rings. The molecule has 1 N–H and O–H groups in total. The van der Waals surface area contributed by atoms with Gasteiger partial charge < -0.3 is 4.79 Å². The van der Waals surface area contributed by atoms with Gasteiger partial charge in [-0.15, -0.1) is 11.8 Å². The summed E-state index contributed by atoms with van der Waals surface area (Å²) in [5.41, 5.74) is 0.415. The van der Waals surface area contributed by atoms with Gasteiger partial charge in [-0.25, -0.2) is 4.39 Å². The maximum Gasteiger partial charge on any atom is 0.142 e. The summed E-state index contributed by atoms with van der Waals surface area (Å²) in [6.45, 7) is 2.01. The standard InChI is InChI=1S/C11H14BrFNOPS/c1-2-10(14-16)17-9(6-15)7-4-3-5-8(12)11(7)13/h3-6,9-10,14H,2,16H2,1H3/t9?,10-/m1/s1. The van der Waals surface area contributed by atoms with Crippen molar-refractivity contribution in [1.82, 2.24) is 5.09 Å². The van der Waals surface area contributed by atoms with E-state index in [9.17, 15) is 9.18 Å². The number of rotatable bonds is 6. The summed E-state index contributed by atoms with van der Waals surface area (Å²) in [7, 11) is 2.42. The second kappa shape index (κ2) is 7.47. The lowest BCUT2D eigenvalue weighted by molar-refractivity contribution is -0.107. The molecule has 0 aliphatic carbocycles. The third-order valence-electron chi connectivity index (χ3n) is 2.28. The lowest BCUT2D eigenvalue weighted by Crippen LogP contribution is -2.17. The summed E-state index contributed by atoms with van der Waals surface area (Å²) in [5.74, 6) is -0.365. The summed E-state index contributed by atoms with van der Waals surface area (Å²) in [6.07, 6.45) is 1.63. The maximum absolute atomic E-state index is 13.9. The first-order valence-corrected chi connectivity index (χ1v) is 7.46. The van der Waals surface area contributed by atoms with Gasteiger partial charge in [0, 0.05) is 5.56 Å². The highest BCUT2D eigenvalue weighted by Gasteiger charge is 2.20. The zero-order valence-electron chi connectivity index (χ0n) is 9.32. The summed E-state index contributed by atoms with van der Waals surface area (Å²) in [4.78, 5) is 11.1. The molecule has 3 atom stereocenters. The number of nitrogens with one attached hydrogen (secondary N) is 1. The quantitative estimate of drug-likeness (QED) is 0.487. The lowest BCUT2D eigenvalue weighted by atomic mass is 10.1. The Balaban J connectivity index is 2.93. The molecule has 0 bridgehead atoms. The van der Waals surface area contributed by atoms with Crippen molar-refractivity contribution in [2.75, 3.05) is 0 Å². The number of carbonyl (C=O) groups is 1. The maximum atomic E-state index is 13.9. The summed E-state index contributed by atoms with van der Waals surface area (Å²) in [5, 5.41) is 2.62. The Morgan fingerprint density at radius 3 is 2.88 bits per heavy atom. The number of hydrogen-bond donors (Lipinski definition) is 1. The van der Waals surface area contributed by atoms with Gasteiger partial charge >= 0.3 is 0 Å². The van der Waals surface area contributed by atoms with Crippen LogP contribution in [0.4, 0.5) is 4.39 Å². The van der Waals surface area contributed by atoms with Crippen molar-refractivity contribution in [3.05, 3.63) is 34.1 Å². The Morgan fingerprint density at radius 2 is 2.35 bits per heavy atom. The first-order chi connectivity index (χ1) is 8.13. The van der Waals surface area contributed by atoms with E-state index in [0.717, 1.165) is 12.7 Å². The number of thioether (sulfide) groups is 1.